The van der Waals surface area contributed by atoms with Gasteiger partial charge in [-0.1, -0.05) is 47.5 Å². The molecular formula is C20H23Cl2F3N2O2. The van der Waals surface area contributed by atoms with Crippen molar-refractivity contribution in [1.82, 2.24) is 4.90 Å². The molecule has 0 saturated heterocycles. The smallest absolute Gasteiger partial charge is 0.430 e. The number of benzene rings is 2. The van der Waals surface area contributed by atoms with Crippen LogP contribution in [0.2, 0.25) is 10.0 Å². The molecule has 0 amide bonds. The number of carboxylic acids is 1. The van der Waals surface area contributed by atoms with E-state index in [1.807, 2.05) is 24.3 Å². The van der Waals surface area contributed by atoms with Crippen LogP contribution in [0, 0.1) is 0 Å². The molecule has 2 aromatic carbocycles. The number of rotatable bonds is 8. The van der Waals surface area contributed by atoms with Crippen molar-refractivity contribution < 1.29 is 28.8 Å². The lowest BCUT2D eigenvalue weighted by Crippen LogP contribution is -2.50. The van der Waals surface area contributed by atoms with Gasteiger partial charge in [-0.3, -0.25) is 4.90 Å². The number of carbonyl (C=O) groups excluding carboxylic acids is 1. The first-order valence-corrected chi connectivity index (χ1v) is 9.66. The van der Waals surface area contributed by atoms with E-state index in [9.17, 15) is 13.2 Å². The van der Waals surface area contributed by atoms with E-state index in [0.29, 0.717) is 0 Å². The summed E-state index contributed by atoms with van der Waals surface area (Å²) >= 11 is 11.9. The van der Waals surface area contributed by atoms with Gasteiger partial charge in [-0.15, -0.1) is 0 Å². The Morgan fingerprint density at radius 1 is 0.897 bits per heavy atom. The number of aliphatic carboxylic acids is 1. The number of quaternary nitrogens is 1. The second-order valence-electron chi connectivity index (χ2n) is 6.31. The van der Waals surface area contributed by atoms with Gasteiger partial charge < -0.3 is 15.6 Å². The third-order valence-corrected chi connectivity index (χ3v) is 4.35. The summed E-state index contributed by atoms with van der Waals surface area (Å²) in [7, 11) is 0. The van der Waals surface area contributed by atoms with Gasteiger partial charge in [0.05, 0.1) is 6.54 Å². The summed E-state index contributed by atoms with van der Waals surface area (Å²) in [5.74, 6) is -3.01. The van der Waals surface area contributed by atoms with Crippen molar-refractivity contribution in [2.24, 2.45) is 0 Å². The molecule has 0 unspecified atom stereocenters. The molecule has 0 aliphatic heterocycles. The number of alkyl halides is 3. The lowest BCUT2D eigenvalue weighted by Gasteiger charge is -2.22. The van der Waals surface area contributed by atoms with Crippen LogP contribution >= 0.6 is 23.2 Å². The maximum Gasteiger partial charge on any atom is 0.430 e. The Labute approximate surface area is 178 Å². The highest BCUT2D eigenvalue weighted by Gasteiger charge is 2.28. The zero-order valence-corrected chi connectivity index (χ0v) is 17.2. The maximum absolute atomic E-state index is 10.5. The van der Waals surface area contributed by atoms with Crippen LogP contribution in [0.25, 0.3) is 0 Å². The lowest BCUT2D eigenvalue weighted by molar-refractivity contribution is -0.368. The number of carbonyl (C=O) groups is 1. The van der Waals surface area contributed by atoms with Crippen LogP contribution < -0.4 is 10.8 Å². The highest BCUT2D eigenvalue weighted by atomic mass is 35.5. The molecule has 2 rings (SSSR count). The van der Waals surface area contributed by atoms with E-state index in [1.54, 1.807) is 0 Å². The quantitative estimate of drug-likeness (QED) is 0.627. The predicted molar refractivity (Wildman–Crippen MR) is 105 cm³/mol. The Hall–Kier alpha value is -1.80. The average Bonchev–Trinajstić information content (AvgIpc) is 2.65. The fourth-order valence-corrected chi connectivity index (χ4v) is 2.67. The number of hydrogen-bond acceptors (Lipinski definition) is 3. The van der Waals surface area contributed by atoms with Gasteiger partial charge in [0.15, 0.2) is 0 Å². The minimum atomic E-state index is -5.19. The van der Waals surface area contributed by atoms with Crippen LogP contribution in [0.4, 0.5) is 13.2 Å². The Bertz CT molecular complexity index is 691. The van der Waals surface area contributed by atoms with Gasteiger partial charge in [0.1, 0.15) is 5.97 Å². The van der Waals surface area contributed by atoms with Crippen LogP contribution in [0.5, 0.6) is 0 Å². The van der Waals surface area contributed by atoms with Crippen molar-refractivity contribution in [2.45, 2.75) is 32.1 Å². The molecule has 0 aliphatic rings. The van der Waals surface area contributed by atoms with Gasteiger partial charge >= 0.3 is 6.18 Å². The van der Waals surface area contributed by atoms with Crippen LogP contribution in [0.1, 0.15) is 24.0 Å². The van der Waals surface area contributed by atoms with Gasteiger partial charge in [-0.05, 0) is 54.8 Å². The molecule has 0 heterocycles. The van der Waals surface area contributed by atoms with E-state index in [2.05, 4.69) is 34.9 Å². The summed E-state index contributed by atoms with van der Waals surface area (Å²) in [5, 5.41) is 10.3. The minimum absolute atomic E-state index is 0.782. The molecule has 0 atom stereocenters. The second kappa shape index (κ2) is 12.7. The fourth-order valence-electron chi connectivity index (χ4n) is 2.42. The molecule has 3 N–H and O–H groups in total. The first-order valence-electron chi connectivity index (χ1n) is 8.90. The Kier molecular flexibility index (Phi) is 11.0. The molecule has 9 heteroatoms. The second-order valence-corrected chi connectivity index (χ2v) is 7.18. The third-order valence-electron chi connectivity index (χ3n) is 3.84. The molecule has 160 valence electrons. The number of halogens is 5. The van der Waals surface area contributed by atoms with E-state index >= 15 is 0 Å². The molecule has 4 nitrogen and oxygen atoms in total. The van der Waals surface area contributed by atoms with Crippen molar-refractivity contribution in [3.8, 4) is 0 Å². The topological polar surface area (TPSA) is 71.0 Å². The molecule has 0 saturated carbocycles. The normalized spacial score (nSPS) is 11.1. The van der Waals surface area contributed by atoms with Gasteiger partial charge in [0, 0.05) is 23.1 Å². The summed E-state index contributed by atoms with van der Waals surface area (Å²) < 4.78 is 31.5. The third kappa shape index (κ3) is 11.1. The molecule has 0 spiro atoms. The molecule has 2 aromatic rings. The monoisotopic (exact) mass is 450 g/mol. The summed E-state index contributed by atoms with van der Waals surface area (Å²) in [6.45, 7) is 3.92. The van der Waals surface area contributed by atoms with Crippen LogP contribution in [-0.4, -0.2) is 30.1 Å². The molecule has 29 heavy (non-hydrogen) atoms. The summed E-state index contributed by atoms with van der Waals surface area (Å²) in [4.78, 5) is 11.2. The Morgan fingerprint density at radius 2 is 1.28 bits per heavy atom. The Balaban J connectivity index is 0.000000516. The van der Waals surface area contributed by atoms with Crippen molar-refractivity contribution in [1.29, 1.82) is 0 Å². The van der Waals surface area contributed by atoms with Crippen LogP contribution in [-0.2, 0) is 17.9 Å². The standard InChI is InChI=1S/C18H22Cl2N2.C2HF3O2/c19-17-7-3-15(4-8-17)13-22(12-2-1-11-21)14-16-5-9-18(20)10-6-16;3-2(4,5)1(6)7/h3-10H,1-2,11-14,21H2;(H,6,7). The molecular weight excluding hydrogens is 428 g/mol. The zero-order chi connectivity index (χ0) is 21.9. The molecule has 0 aromatic heterocycles. The molecule has 0 fully saturated rings. The van der Waals surface area contributed by atoms with Gasteiger partial charge in [0.25, 0.3) is 0 Å². The summed E-state index contributed by atoms with van der Waals surface area (Å²) in [6.07, 6.45) is -2.86. The van der Waals surface area contributed by atoms with Gasteiger partial charge in [0.2, 0.25) is 0 Å². The van der Waals surface area contributed by atoms with Crippen molar-refractivity contribution in [2.75, 3.05) is 13.1 Å². The minimum Gasteiger partial charge on any atom is -0.542 e. The van der Waals surface area contributed by atoms with E-state index in [-0.39, 0.29) is 0 Å². The average molecular weight is 451 g/mol. The van der Waals surface area contributed by atoms with E-state index in [1.165, 1.54) is 17.5 Å². The van der Waals surface area contributed by atoms with Crippen molar-refractivity contribution >= 4 is 29.2 Å². The lowest BCUT2D eigenvalue weighted by atomic mass is 10.1. The van der Waals surface area contributed by atoms with Crippen LogP contribution in [0.3, 0.4) is 0 Å². The van der Waals surface area contributed by atoms with Crippen molar-refractivity contribution in [3.05, 3.63) is 69.7 Å². The van der Waals surface area contributed by atoms with E-state index in [0.717, 1.165) is 42.6 Å². The Morgan fingerprint density at radius 3 is 1.59 bits per heavy atom. The van der Waals surface area contributed by atoms with Gasteiger partial charge in [-0.2, -0.15) is 13.2 Å². The number of hydrogen-bond donors (Lipinski definition) is 1. The molecule has 0 bridgehead atoms. The first-order chi connectivity index (χ1) is 13.6. The SMILES string of the molecule is O=C([O-])C(F)(F)F.[NH3+]CCCCN(Cc1ccc(Cl)cc1)Cc1ccc(Cl)cc1. The summed E-state index contributed by atoms with van der Waals surface area (Å²) in [6, 6.07) is 16.2. The largest absolute Gasteiger partial charge is 0.542 e. The number of unbranched alkanes of at least 4 members (excludes halogenated alkanes) is 1. The zero-order valence-electron chi connectivity index (χ0n) is 15.7. The number of nitrogens with zero attached hydrogens (tertiary/aromatic N) is 1. The van der Waals surface area contributed by atoms with E-state index < -0.39 is 12.1 Å². The highest BCUT2D eigenvalue weighted by Crippen LogP contribution is 2.16. The van der Waals surface area contributed by atoms with Crippen LogP contribution in [0.15, 0.2) is 48.5 Å². The van der Waals surface area contributed by atoms with Crippen molar-refractivity contribution in [3.63, 3.8) is 0 Å². The van der Waals surface area contributed by atoms with Gasteiger partial charge in [-0.25, -0.2) is 0 Å². The summed E-state index contributed by atoms with van der Waals surface area (Å²) in [5.41, 5.74) is 6.49. The number of carboxylic acid groups (broad SMARTS) is 1. The predicted octanol–water partition coefficient (Wildman–Crippen LogP) is 3.32. The highest BCUT2D eigenvalue weighted by molar-refractivity contribution is 6.30. The molecule has 0 aliphatic carbocycles. The fraction of sp³-hybridized carbons (Fsp3) is 0.350. The first kappa shape index (κ1) is 25.2. The maximum atomic E-state index is 10.5. The van der Waals surface area contributed by atoms with E-state index in [4.69, 9.17) is 33.1 Å². The molecule has 0 radical (unpaired) electrons.